The maximum absolute atomic E-state index is 11.6. The summed E-state index contributed by atoms with van der Waals surface area (Å²) in [7, 11) is 0. The van der Waals surface area contributed by atoms with Crippen molar-refractivity contribution in [2.75, 3.05) is 6.61 Å². The van der Waals surface area contributed by atoms with E-state index in [-0.39, 0.29) is 17.8 Å². The van der Waals surface area contributed by atoms with Gasteiger partial charge in [-0.15, -0.1) is 0 Å². The Hall–Kier alpha value is -2.42. The molecule has 0 saturated heterocycles. The van der Waals surface area contributed by atoms with Crippen molar-refractivity contribution in [1.29, 1.82) is 0 Å². The van der Waals surface area contributed by atoms with Crippen molar-refractivity contribution < 1.29 is 24.7 Å². The summed E-state index contributed by atoms with van der Waals surface area (Å²) in [5.74, 6) is -2.08. The number of carboxylic acids is 1. The number of nitro groups is 1. The van der Waals surface area contributed by atoms with Crippen LogP contribution in [0, 0.1) is 10.1 Å². The Morgan fingerprint density at radius 3 is 2.67 bits per heavy atom. The average molecular weight is 257 g/mol. The molecule has 18 heavy (non-hydrogen) atoms. The summed E-state index contributed by atoms with van der Waals surface area (Å²) in [6.07, 6.45) is 0.876. The van der Waals surface area contributed by atoms with Crippen LogP contribution in [-0.2, 0) is 4.79 Å². The fourth-order valence-electron chi connectivity index (χ4n) is 1.24. The third-order valence-corrected chi connectivity index (χ3v) is 2.14. The molecule has 0 saturated carbocycles. The van der Waals surface area contributed by atoms with Crippen molar-refractivity contribution in [2.24, 2.45) is 0 Å². The zero-order chi connectivity index (χ0) is 13.7. The first-order valence-electron chi connectivity index (χ1n) is 4.93. The van der Waals surface area contributed by atoms with Gasteiger partial charge in [-0.25, -0.2) is 4.79 Å². The Labute approximate surface area is 101 Å². The van der Waals surface area contributed by atoms with Crippen molar-refractivity contribution >= 4 is 17.6 Å². The molecule has 0 spiro atoms. The molecule has 0 fully saturated rings. The highest BCUT2D eigenvalue weighted by Gasteiger charge is 2.22. The highest BCUT2D eigenvalue weighted by molar-refractivity contribution is 5.95. The number of carbonyl (C=O) groups is 2. The molecule has 0 radical (unpaired) electrons. The number of carboxylic acid groups (broad SMARTS) is 1. The lowest BCUT2D eigenvalue weighted by atomic mass is 10.2. The molecule has 98 valence electrons. The number of H-pyrrole nitrogens is 1. The van der Waals surface area contributed by atoms with Crippen LogP contribution in [0.3, 0.4) is 0 Å². The van der Waals surface area contributed by atoms with Crippen LogP contribution in [0.15, 0.2) is 12.3 Å². The number of hydrogen-bond acceptors (Lipinski definition) is 5. The quantitative estimate of drug-likeness (QED) is 0.398. The van der Waals surface area contributed by atoms with Crippen LogP contribution in [0.25, 0.3) is 0 Å². The topological polar surface area (TPSA) is 146 Å². The van der Waals surface area contributed by atoms with Gasteiger partial charge in [-0.3, -0.25) is 14.9 Å². The van der Waals surface area contributed by atoms with Gasteiger partial charge in [0.15, 0.2) is 0 Å². The van der Waals surface area contributed by atoms with Crippen LogP contribution in [0.2, 0.25) is 0 Å². The van der Waals surface area contributed by atoms with E-state index in [1.165, 1.54) is 0 Å². The van der Waals surface area contributed by atoms with Gasteiger partial charge in [0, 0.05) is 19.1 Å². The molecule has 0 aliphatic heterocycles. The number of amides is 1. The number of aromatic nitrogens is 1. The van der Waals surface area contributed by atoms with Gasteiger partial charge >= 0.3 is 5.97 Å². The number of rotatable bonds is 6. The highest BCUT2D eigenvalue weighted by Crippen LogP contribution is 2.12. The Bertz CT molecular complexity index is 469. The fourth-order valence-corrected chi connectivity index (χ4v) is 1.24. The summed E-state index contributed by atoms with van der Waals surface area (Å²) in [4.78, 5) is 34.4. The minimum absolute atomic E-state index is 0.120. The van der Waals surface area contributed by atoms with Crippen molar-refractivity contribution in [3.05, 3.63) is 28.1 Å². The first-order chi connectivity index (χ1) is 8.45. The number of aromatic amines is 1. The summed E-state index contributed by atoms with van der Waals surface area (Å²) in [5, 5.41) is 29.9. The SMILES string of the molecule is O=C(N[C@@H](CCO)C(=O)O)c1cc([N+](=O)[O-])c[nH]1. The first kappa shape index (κ1) is 13.6. The summed E-state index contributed by atoms with van der Waals surface area (Å²) in [6, 6.07) is -0.252. The van der Waals surface area contributed by atoms with E-state index in [0.29, 0.717) is 0 Å². The predicted molar refractivity (Wildman–Crippen MR) is 58.0 cm³/mol. The van der Waals surface area contributed by atoms with Crippen LogP contribution < -0.4 is 5.32 Å². The van der Waals surface area contributed by atoms with Gasteiger partial charge in [-0.05, 0) is 0 Å². The Balaban J connectivity index is 2.74. The van der Waals surface area contributed by atoms with Crippen molar-refractivity contribution in [3.8, 4) is 0 Å². The van der Waals surface area contributed by atoms with Gasteiger partial charge in [0.1, 0.15) is 11.7 Å². The lowest BCUT2D eigenvalue weighted by Crippen LogP contribution is -2.41. The van der Waals surface area contributed by atoms with Crippen molar-refractivity contribution in [1.82, 2.24) is 10.3 Å². The highest BCUT2D eigenvalue weighted by atomic mass is 16.6. The van der Waals surface area contributed by atoms with Gasteiger partial charge < -0.3 is 20.5 Å². The molecule has 0 unspecified atom stereocenters. The predicted octanol–water partition coefficient (Wildman–Crippen LogP) is -0.512. The Kier molecular flexibility index (Phi) is 4.38. The lowest BCUT2D eigenvalue weighted by molar-refractivity contribution is -0.384. The van der Waals surface area contributed by atoms with E-state index in [1.807, 2.05) is 0 Å². The molecule has 0 aliphatic rings. The number of hydrogen-bond donors (Lipinski definition) is 4. The molecule has 9 nitrogen and oxygen atoms in total. The zero-order valence-electron chi connectivity index (χ0n) is 9.12. The summed E-state index contributed by atoms with van der Waals surface area (Å²) in [5.41, 5.74) is -0.417. The molecule has 4 N–H and O–H groups in total. The first-order valence-corrected chi connectivity index (χ1v) is 4.93. The van der Waals surface area contributed by atoms with E-state index in [4.69, 9.17) is 10.2 Å². The van der Waals surface area contributed by atoms with Crippen molar-refractivity contribution in [2.45, 2.75) is 12.5 Å². The second-order valence-electron chi connectivity index (χ2n) is 3.41. The molecule has 1 rings (SSSR count). The molecule has 1 aromatic heterocycles. The van der Waals surface area contributed by atoms with E-state index in [2.05, 4.69) is 10.3 Å². The molecule has 1 heterocycles. The fraction of sp³-hybridized carbons (Fsp3) is 0.333. The van der Waals surface area contributed by atoms with E-state index >= 15 is 0 Å². The monoisotopic (exact) mass is 257 g/mol. The van der Waals surface area contributed by atoms with Crippen molar-refractivity contribution in [3.63, 3.8) is 0 Å². The zero-order valence-corrected chi connectivity index (χ0v) is 9.12. The third-order valence-electron chi connectivity index (χ3n) is 2.14. The van der Waals surface area contributed by atoms with Gasteiger partial charge in [0.25, 0.3) is 11.6 Å². The number of carbonyl (C=O) groups excluding carboxylic acids is 1. The standard InChI is InChI=1S/C9H11N3O6/c13-2-1-6(9(15)16)11-8(14)7-3-5(4-10-7)12(17)18/h3-4,6,10,13H,1-2H2,(H,11,14)(H,15,16)/t6-/m0/s1. The molecule has 1 aromatic rings. The molecular weight excluding hydrogens is 246 g/mol. The lowest BCUT2D eigenvalue weighted by Gasteiger charge is -2.11. The minimum Gasteiger partial charge on any atom is -0.480 e. The smallest absolute Gasteiger partial charge is 0.326 e. The Morgan fingerprint density at radius 1 is 1.56 bits per heavy atom. The molecule has 9 heteroatoms. The van der Waals surface area contributed by atoms with Gasteiger partial charge in [0.05, 0.1) is 11.1 Å². The normalized spacial score (nSPS) is 11.8. The molecular formula is C9H11N3O6. The number of aliphatic hydroxyl groups is 1. The van der Waals surface area contributed by atoms with Gasteiger partial charge in [-0.1, -0.05) is 0 Å². The second-order valence-corrected chi connectivity index (χ2v) is 3.41. The molecule has 1 amide bonds. The molecule has 1 atom stereocenters. The largest absolute Gasteiger partial charge is 0.480 e. The molecule has 0 aliphatic carbocycles. The molecule has 0 aromatic carbocycles. The van der Waals surface area contributed by atoms with Gasteiger partial charge in [-0.2, -0.15) is 0 Å². The maximum Gasteiger partial charge on any atom is 0.326 e. The minimum atomic E-state index is -1.29. The summed E-state index contributed by atoms with van der Waals surface area (Å²) < 4.78 is 0. The van der Waals surface area contributed by atoms with Crippen LogP contribution in [0.5, 0.6) is 0 Å². The number of nitrogens with one attached hydrogen (secondary N) is 2. The van der Waals surface area contributed by atoms with E-state index in [9.17, 15) is 19.7 Å². The maximum atomic E-state index is 11.6. The Morgan fingerprint density at radius 2 is 2.22 bits per heavy atom. The third kappa shape index (κ3) is 3.28. The van der Waals surface area contributed by atoms with Crippen LogP contribution in [0.4, 0.5) is 5.69 Å². The van der Waals surface area contributed by atoms with Crippen LogP contribution >= 0.6 is 0 Å². The van der Waals surface area contributed by atoms with Crippen LogP contribution in [-0.4, -0.2) is 44.6 Å². The number of aliphatic hydroxyl groups excluding tert-OH is 1. The number of nitrogens with zero attached hydrogens (tertiary/aromatic N) is 1. The number of aliphatic carboxylic acids is 1. The van der Waals surface area contributed by atoms with E-state index in [0.717, 1.165) is 12.3 Å². The molecule has 0 bridgehead atoms. The second kappa shape index (κ2) is 5.77. The summed E-state index contributed by atoms with van der Waals surface area (Å²) >= 11 is 0. The summed E-state index contributed by atoms with van der Waals surface area (Å²) in [6.45, 7) is -0.401. The van der Waals surface area contributed by atoms with E-state index in [1.54, 1.807) is 0 Å². The van der Waals surface area contributed by atoms with Crippen LogP contribution in [0.1, 0.15) is 16.9 Å². The van der Waals surface area contributed by atoms with E-state index < -0.39 is 29.4 Å². The average Bonchev–Trinajstić information content (AvgIpc) is 2.77. The van der Waals surface area contributed by atoms with Gasteiger partial charge in [0.2, 0.25) is 0 Å².